The summed E-state index contributed by atoms with van der Waals surface area (Å²) in [6.07, 6.45) is 4.55. The van der Waals surface area contributed by atoms with Crippen molar-refractivity contribution >= 4 is 0 Å². The molecule has 1 N–H and O–H groups in total. The number of aromatic nitrogens is 1. The Hall–Kier alpha value is -0.970. The third-order valence-electron chi connectivity index (χ3n) is 3.49. The molecule has 2 aliphatic rings. The molecule has 0 unspecified atom stereocenters. The SMILES string of the molecule is c1ccc(CO[C@H]2CN[C@@H]3CCCO[C@H]23)nc1. The summed E-state index contributed by atoms with van der Waals surface area (Å²) in [5, 5.41) is 3.47. The second-order valence-corrected chi connectivity index (χ2v) is 4.66. The summed E-state index contributed by atoms with van der Waals surface area (Å²) in [6.45, 7) is 2.33. The fourth-order valence-electron chi connectivity index (χ4n) is 2.60. The molecule has 3 atom stereocenters. The molecule has 0 bridgehead atoms. The van der Waals surface area contributed by atoms with E-state index in [0.717, 1.165) is 25.3 Å². The predicted molar refractivity (Wildman–Crippen MR) is 63.6 cm³/mol. The van der Waals surface area contributed by atoms with Gasteiger partial charge in [-0.1, -0.05) is 6.07 Å². The van der Waals surface area contributed by atoms with E-state index in [2.05, 4.69) is 10.3 Å². The Morgan fingerprint density at radius 2 is 2.47 bits per heavy atom. The highest BCUT2D eigenvalue weighted by atomic mass is 16.5. The summed E-state index contributed by atoms with van der Waals surface area (Å²) in [4.78, 5) is 4.26. The van der Waals surface area contributed by atoms with Crippen LogP contribution < -0.4 is 5.32 Å². The quantitative estimate of drug-likeness (QED) is 0.851. The zero-order valence-electron chi connectivity index (χ0n) is 9.84. The van der Waals surface area contributed by atoms with Crippen LogP contribution in [0.25, 0.3) is 0 Å². The lowest BCUT2D eigenvalue weighted by Crippen LogP contribution is -2.40. The van der Waals surface area contributed by atoms with E-state index >= 15 is 0 Å². The number of rotatable bonds is 3. The van der Waals surface area contributed by atoms with E-state index < -0.39 is 0 Å². The molecule has 0 aliphatic carbocycles. The van der Waals surface area contributed by atoms with Crippen LogP contribution in [0.5, 0.6) is 0 Å². The van der Waals surface area contributed by atoms with E-state index in [1.54, 1.807) is 6.20 Å². The van der Waals surface area contributed by atoms with E-state index in [-0.39, 0.29) is 12.2 Å². The Morgan fingerprint density at radius 3 is 3.35 bits per heavy atom. The Balaban J connectivity index is 1.55. The Kier molecular flexibility index (Phi) is 3.36. The first-order valence-corrected chi connectivity index (χ1v) is 6.30. The van der Waals surface area contributed by atoms with Crippen molar-refractivity contribution in [3.05, 3.63) is 30.1 Å². The van der Waals surface area contributed by atoms with Crippen molar-refractivity contribution in [2.24, 2.45) is 0 Å². The smallest absolute Gasteiger partial charge is 0.100 e. The summed E-state index contributed by atoms with van der Waals surface area (Å²) < 4.78 is 11.7. The molecule has 0 amide bonds. The van der Waals surface area contributed by atoms with Crippen molar-refractivity contribution in [2.75, 3.05) is 13.2 Å². The van der Waals surface area contributed by atoms with Crippen LogP contribution in [0, 0.1) is 0 Å². The Bertz CT molecular complexity index is 358. The molecule has 0 aromatic carbocycles. The van der Waals surface area contributed by atoms with Crippen molar-refractivity contribution in [3.63, 3.8) is 0 Å². The van der Waals surface area contributed by atoms with Gasteiger partial charge in [0.25, 0.3) is 0 Å². The van der Waals surface area contributed by atoms with Gasteiger partial charge in [0.05, 0.1) is 18.4 Å². The number of nitrogens with one attached hydrogen (secondary N) is 1. The van der Waals surface area contributed by atoms with Crippen LogP contribution in [0.15, 0.2) is 24.4 Å². The van der Waals surface area contributed by atoms with Gasteiger partial charge in [-0.25, -0.2) is 0 Å². The highest BCUT2D eigenvalue weighted by Gasteiger charge is 2.39. The zero-order valence-corrected chi connectivity index (χ0v) is 9.84. The van der Waals surface area contributed by atoms with Crippen LogP contribution in [0.4, 0.5) is 0 Å². The fraction of sp³-hybridized carbons (Fsp3) is 0.615. The molecule has 4 heteroatoms. The second-order valence-electron chi connectivity index (χ2n) is 4.66. The highest BCUT2D eigenvalue weighted by molar-refractivity contribution is 5.02. The summed E-state index contributed by atoms with van der Waals surface area (Å²) in [7, 11) is 0. The minimum atomic E-state index is 0.169. The van der Waals surface area contributed by atoms with E-state index in [0.29, 0.717) is 12.6 Å². The van der Waals surface area contributed by atoms with E-state index in [1.165, 1.54) is 6.42 Å². The molecule has 0 radical (unpaired) electrons. The molecular formula is C13H18N2O2. The van der Waals surface area contributed by atoms with Gasteiger partial charge < -0.3 is 14.8 Å². The molecule has 2 aliphatic heterocycles. The molecule has 0 spiro atoms. The van der Waals surface area contributed by atoms with Gasteiger partial charge in [0.15, 0.2) is 0 Å². The fourth-order valence-corrected chi connectivity index (χ4v) is 2.60. The lowest BCUT2D eigenvalue weighted by atomic mass is 10.0. The molecule has 3 rings (SSSR count). The number of ether oxygens (including phenoxy) is 2. The molecule has 1 aromatic heterocycles. The standard InChI is InChI=1S/C13H18N2O2/c1-2-6-14-10(4-1)9-17-12-8-15-11-5-3-7-16-13(11)12/h1-2,4,6,11-13,15H,3,5,7-9H2/t11-,12+,13+/m1/s1. The summed E-state index contributed by atoms with van der Waals surface area (Å²) in [5.74, 6) is 0. The first kappa shape index (κ1) is 11.1. The number of fused-ring (bicyclic) bond motifs is 1. The largest absolute Gasteiger partial charge is 0.374 e. The Labute approximate surface area is 101 Å². The van der Waals surface area contributed by atoms with Crippen molar-refractivity contribution in [1.82, 2.24) is 10.3 Å². The first-order valence-electron chi connectivity index (χ1n) is 6.30. The zero-order chi connectivity index (χ0) is 11.5. The molecule has 3 heterocycles. The normalized spacial score (nSPS) is 32.4. The minimum Gasteiger partial charge on any atom is -0.374 e. The molecule has 2 fully saturated rings. The second kappa shape index (κ2) is 5.12. The third-order valence-corrected chi connectivity index (χ3v) is 3.49. The average Bonchev–Trinajstić information content (AvgIpc) is 2.81. The van der Waals surface area contributed by atoms with Gasteiger partial charge >= 0.3 is 0 Å². The molecule has 92 valence electrons. The van der Waals surface area contributed by atoms with Gasteiger partial charge in [0.2, 0.25) is 0 Å². The van der Waals surface area contributed by atoms with Crippen molar-refractivity contribution in [2.45, 2.75) is 37.7 Å². The number of hydrogen-bond acceptors (Lipinski definition) is 4. The van der Waals surface area contributed by atoms with Crippen LogP contribution >= 0.6 is 0 Å². The predicted octanol–water partition coefficient (Wildman–Crippen LogP) is 1.12. The maximum absolute atomic E-state index is 5.91. The monoisotopic (exact) mass is 234 g/mol. The molecule has 17 heavy (non-hydrogen) atoms. The molecule has 1 aromatic rings. The summed E-state index contributed by atoms with van der Waals surface area (Å²) >= 11 is 0. The van der Waals surface area contributed by atoms with Gasteiger partial charge in [-0.15, -0.1) is 0 Å². The first-order chi connectivity index (χ1) is 8.43. The average molecular weight is 234 g/mol. The van der Waals surface area contributed by atoms with Gasteiger partial charge in [0.1, 0.15) is 6.10 Å². The number of hydrogen-bond donors (Lipinski definition) is 1. The van der Waals surface area contributed by atoms with Gasteiger partial charge in [-0.05, 0) is 25.0 Å². The Morgan fingerprint density at radius 1 is 1.47 bits per heavy atom. The van der Waals surface area contributed by atoms with Crippen molar-refractivity contribution < 1.29 is 9.47 Å². The maximum atomic E-state index is 5.91. The highest BCUT2D eigenvalue weighted by Crippen LogP contribution is 2.24. The van der Waals surface area contributed by atoms with E-state index in [9.17, 15) is 0 Å². The van der Waals surface area contributed by atoms with Gasteiger partial charge in [-0.3, -0.25) is 4.98 Å². The van der Waals surface area contributed by atoms with Crippen molar-refractivity contribution in [3.8, 4) is 0 Å². The lowest BCUT2D eigenvalue weighted by molar-refractivity contribution is -0.0794. The van der Waals surface area contributed by atoms with Crippen LogP contribution in [-0.4, -0.2) is 36.4 Å². The van der Waals surface area contributed by atoms with Crippen LogP contribution in [0.1, 0.15) is 18.5 Å². The topological polar surface area (TPSA) is 43.4 Å². The molecule has 2 saturated heterocycles. The number of nitrogens with zero attached hydrogens (tertiary/aromatic N) is 1. The summed E-state index contributed by atoms with van der Waals surface area (Å²) in [5.41, 5.74) is 0.978. The number of pyridine rings is 1. The van der Waals surface area contributed by atoms with Gasteiger partial charge in [-0.2, -0.15) is 0 Å². The van der Waals surface area contributed by atoms with Crippen LogP contribution in [0.3, 0.4) is 0 Å². The van der Waals surface area contributed by atoms with E-state index in [4.69, 9.17) is 9.47 Å². The van der Waals surface area contributed by atoms with Gasteiger partial charge in [0, 0.05) is 25.4 Å². The third kappa shape index (κ3) is 2.49. The van der Waals surface area contributed by atoms with Crippen molar-refractivity contribution in [1.29, 1.82) is 0 Å². The molecule has 4 nitrogen and oxygen atoms in total. The molecule has 0 saturated carbocycles. The van der Waals surface area contributed by atoms with E-state index in [1.807, 2.05) is 18.2 Å². The lowest BCUT2D eigenvalue weighted by Gasteiger charge is -2.28. The minimum absolute atomic E-state index is 0.169. The maximum Gasteiger partial charge on any atom is 0.100 e. The van der Waals surface area contributed by atoms with Crippen LogP contribution in [-0.2, 0) is 16.1 Å². The molecular weight excluding hydrogens is 216 g/mol. The summed E-state index contributed by atoms with van der Waals surface area (Å²) in [6, 6.07) is 6.37. The van der Waals surface area contributed by atoms with Crippen LogP contribution in [0.2, 0.25) is 0 Å².